The molecule has 1 aliphatic heterocycles. The summed E-state index contributed by atoms with van der Waals surface area (Å²) < 4.78 is 5.45. The number of nitrogens with one attached hydrogen (secondary N) is 4. The molecule has 0 saturated carbocycles. The SMILES string of the molecule is N=C(/N=C(\c1ccc[nH]1)N1CCOCC1)c1ccc(NC(=S)Nc2ccncc2)cc1. The first-order chi connectivity index (χ1) is 15.2. The highest BCUT2D eigenvalue weighted by atomic mass is 32.1. The maximum Gasteiger partial charge on any atom is 0.175 e. The van der Waals surface area contributed by atoms with Gasteiger partial charge in [-0.15, -0.1) is 0 Å². The predicted octanol–water partition coefficient (Wildman–Crippen LogP) is 3.32. The van der Waals surface area contributed by atoms with E-state index in [4.69, 9.17) is 22.4 Å². The van der Waals surface area contributed by atoms with Crippen molar-refractivity contribution in [2.45, 2.75) is 0 Å². The molecule has 0 spiro atoms. The highest BCUT2D eigenvalue weighted by Gasteiger charge is 2.18. The number of hydrogen-bond donors (Lipinski definition) is 4. The summed E-state index contributed by atoms with van der Waals surface area (Å²) in [4.78, 5) is 14.0. The number of nitrogens with zero attached hydrogens (tertiary/aromatic N) is 3. The Morgan fingerprint density at radius 1 is 1.03 bits per heavy atom. The second-order valence-electron chi connectivity index (χ2n) is 6.86. The monoisotopic (exact) mass is 433 g/mol. The number of benzene rings is 1. The summed E-state index contributed by atoms with van der Waals surface area (Å²) >= 11 is 5.35. The van der Waals surface area contributed by atoms with Crippen molar-refractivity contribution >= 4 is 40.4 Å². The number of pyridine rings is 1. The minimum atomic E-state index is 0.195. The van der Waals surface area contributed by atoms with E-state index in [2.05, 4.69) is 30.5 Å². The van der Waals surface area contributed by atoms with E-state index in [9.17, 15) is 0 Å². The number of anilines is 2. The van der Waals surface area contributed by atoms with E-state index in [-0.39, 0.29) is 5.84 Å². The summed E-state index contributed by atoms with van der Waals surface area (Å²) in [6.07, 6.45) is 5.26. The van der Waals surface area contributed by atoms with Gasteiger partial charge in [0.25, 0.3) is 0 Å². The zero-order chi connectivity index (χ0) is 21.5. The van der Waals surface area contributed by atoms with E-state index >= 15 is 0 Å². The van der Waals surface area contributed by atoms with Crippen molar-refractivity contribution in [3.63, 3.8) is 0 Å². The van der Waals surface area contributed by atoms with E-state index in [1.165, 1.54) is 0 Å². The Morgan fingerprint density at radius 3 is 2.35 bits per heavy atom. The number of aliphatic imine (C=N–C) groups is 1. The molecule has 0 radical (unpaired) electrons. The Balaban J connectivity index is 1.44. The van der Waals surface area contributed by atoms with Crippen LogP contribution in [0, 0.1) is 5.41 Å². The van der Waals surface area contributed by atoms with Gasteiger partial charge in [-0.25, -0.2) is 4.99 Å². The number of amidine groups is 2. The Hall–Kier alpha value is -3.56. The molecule has 158 valence electrons. The van der Waals surface area contributed by atoms with Crippen LogP contribution in [0.25, 0.3) is 0 Å². The van der Waals surface area contributed by atoms with Crippen LogP contribution in [0.3, 0.4) is 0 Å². The molecule has 4 N–H and O–H groups in total. The third-order valence-corrected chi connectivity index (χ3v) is 4.93. The van der Waals surface area contributed by atoms with Gasteiger partial charge in [-0.2, -0.15) is 0 Å². The summed E-state index contributed by atoms with van der Waals surface area (Å²) in [6.45, 7) is 2.80. The number of rotatable bonds is 4. The number of aromatic nitrogens is 2. The van der Waals surface area contributed by atoms with Gasteiger partial charge in [-0.1, -0.05) is 0 Å². The minimum absolute atomic E-state index is 0.195. The minimum Gasteiger partial charge on any atom is -0.378 e. The van der Waals surface area contributed by atoms with Gasteiger partial charge in [0.1, 0.15) is 0 Å². The van der Waals surface area contributed by atoms with E-state index in [1.54, 1.807) is 12.4 Å². The van der Waals surface area contributed by atoms with Crippen LogP contribution in [0.1, 0.15) is 11.3 Å². The Kier molecular flexibility index (Phi) is 6.65. The first-order valence-corrected chi connectivity index (χ1v) is 10.3. The lowest BCUT2D eigenvalue weighted by molar-refractivity contribution is 0.0682. The van der Waals surface area contributed by atoms with Crippen molar-refractivity contribution in [3.8, 4) is 0 Å². The molecule has 0 unspecified atom stereocenters. The van der Waals surface area contributed by atoms with Crippen molar-refractivity contribution in [1.82, 2.24) is 14.9 Å². The maximum atomic E-state index is 8.52. The summed E-state index contributed by atoms with van der Waals surface area (Å²) in [5.74, 6) is 0.948. The third kappa shape index (κ3) is 5.53. The molecule has 0 amide bonds. The van der Waals surface area contributed by atoms with Crippen LogP contribution >= 0.6 is 12.2 Å². The smallest absolute Gasteiger partial charge is 0.175 e. The molecule has 3 aromatic rings. The lowest BCUT2D eigenvalue weighted by Gasteiger charge is -2.29. The summed E-state index contributed by atoms with van der Waals surface area (Å²) in [6, 6.07) is 15.0. The van der Waals surface area contributed by atoms with Crippen LogP contribution in [0.15, 0.2) is 72.1 Å². The quantitative estimate of drug-likeness (QED) is 0.286. The standard InChI is InChI=1S/C22H23N7OS/c23-20(28-21(19-2-1-9-25-19)29-12-14-30-15-13-29)16-3-5-17(6-4-16)26-22(31)27-18-7-10-24-11-8-18/h1-11,23,25H,12-15H2,(H2,24,26,27,31)/b23-20?,28-21+. The zero-order valence-electron chi connectivity index (χ0n) is 16.8. The van der Waals surface area contributed by atoms with Gasteiger partial charge in [-0.05, 0) is 60.7 Å². The van der Waals surface area contributed by atoms with E-state index in [0.29, 0.717) is 18.3 Å². The molecule has 8 nitrogen and oxygen atoms in total. The average molecular weight is 434 g/mol. The van der Waals surface area contributed by atoms with Crippen LogP contribution in [0.2, 0.25) is 0 Å². The molecule has 4 rings (SSSR count). The van der Waals surface area contributed by atoms with Crippen LogP contribution in [-0.4, -0.2) is 58.0 Å². The topological polar surface area (TPSA) is 101 Å². The van der Waals surface area contributed by atoms with Gasteiger partial charge in [0.05, 0.1) is 18.9 Å². The molecule has 9 heteroatoms. The maximum absolute atomic E-state index is 8.52. The largest absolute Gasteiger partial charge is 0.378 e. The Bertz CT molecular complexity index is 1040. The highest BCUT2D eigenvalue weighted by molar-refractivity contribution is 7.80. The molecule has 0 bridgehead atoms. The van der Waals surface area contributed by atoms with Gasteiger partial charge in [0.2, 0.25) is 0 Å². The molecule has 3 heterocycles. The Labute approximate surface area is 185 Å². The number of thiocarbonyl (C=S) groups is 1. The average Bonchev–Trinajstić information content (AvgIpc) is 3.33. The number of ether oxygens (including phenoxy) is 1. The number of hydrogen-bond acceptors (Lipinski definition) is 4. The highest BCUT2D eigenvalue weighted by Crippen LogP contribution is 2.14. The van der Waals surface area contributed by atoms with Crippen LogP contribution in [0.5, 0.6) is 0 Å². The molecule has 31 heavy (non-hydrogen) atoms. The fourth-order valence-electron chi connectivity index (χ4n) is 3.16. The molecule has 0 aliphatic carbocycles. The number of aromatic amines is 1. The lowest BCUT2D eigenvalue weighted by atomic mass is 10.2. The summed E-state index contributed by atoms with van der Waals surface area (Å²) in [7, 11) is 0. The Morgan fingerprint density at radius 2 is 1.71 bits per heavy atom. The number of H-pyrrole nitrogens is 1. The molecule has 2 aromatic heterocycles. The molecule has 1 saturated heterocycles. The molecular weight excluding hydrogens is 410 g/mol. The normalized spacial score (nSPS) is 14.2. The van der Waals surface area contributed by atoms with Crippen LogP contribution in [-0.2, 0) is 4.74 Å². The van der Waals surface area contributed by atoms with Gasteiger partial charge in [-0.3, -0.25) is 10.4 Å². The predicted molar refractivity (Wildman–Crippen MR) is 127 cm³/mol. The summed E-state index contributed by atoms with van der Waals surface area (Å²) in [5.41, 5.74) is 3.29. The van der Waals surface area contributed by atoms with Crippen molar-refractivity contribution in [3.05, 3.63) is 78.4 Å². The van der Waals surface area contributed by atoms with Crippen molar-refractivity contribution < 1.29 is 4.74 Å². The first-order valence-electron chi connectivity index (χ1n) is 9.91. The fraction of sp³-hybridized carbons (Fsp3) is 0.182. The summed E-state index contributed by atoms with van der Waals surface area (Å²) in [5, 5.41) is 15.2. The van der Waals surface area contributed by atoms with E-state index in [1.807, 2.05) is 54.7 Å². The second-order valence-corrected chi connectivity index (χ2v) is 7.27. The van der Waals surface area contributed by atoms with E-state index in [0.717, 1.165) is 41.6 Å². The van der Waals surface area contributed by atoms with E-state index < -0.39 is 0 Å². The zero-order valence-corrected chi connectivity index (χ0v) is 17.7. The number of morpholine rings is 1. The van der Waals surface area contributed by atoms with Crippen LogP contribution in [0.4, 0.5) is 11.4 Å². The van der Waals surface area contributed by atoms with Gasteiger partial charge >= 0.3 is 0 Å². The lowest BCUT2D eigenvalue weighted by Crippen LogP contribution is -2.41. The van der Waals surface area contributed by atoms with Crippen LogP contribution < -0.4 is 10.6 Å². The van der Waals surface area contributed by atoms with Crippen molar-refractivity contribution in [2.24, 2.45) is 4.99 Å². The molecule has 1 aliphatic rings. The molecule has 0 atom stereocenters. The van der Waals surface area contributed by atoms with Gasteiger partial charge < -0.3 is 25.3 Å². The molecule has 1 fully saturated rings. The first kappa shape index (κ1) is 20.7. The van der Waals surface area contributed by atoms with Gasteiger partial charge in [0.15, 0.2) is 16.8 Å². The third-order valence-electron chi connectivity index (χ3n) is 4.72. The fourth-order valence-corrected chi connectivity index (χ4v) is 3.39. The van der Waals surface area contributed by atoms with Gasteiger partial charge in [0, 0.05) is 48.6 Å². The second kappa shape index (κ2) is 9.96. The molecule has 1 aromatic carbocycles. The van der Waals surface area contributed by atoms with Crippen molar-refractivity contribution in [2.75, 3.05) is 36.9 Å². The molecular formula is C22H23N7OS. The van der Waals surface area contributed by atoms with Crippen molar-refractivity contribution in [1.29, 1.82) is 5.41 Å².